The van der Waals surface area contributed by atoms with E-state index in [1.165, 1.54) is 16.7 Å². The first-order valence-corrected chi connectivity index (χ1v) is 13.8. The molecule has 37 heavy (non-hydrogen) atoms. The van der Waals surface area contributed by atoms with Gasteiger partial charge in [-0.1, -0.05) is 54.1 Å². The smallest absolute Gasteiger partial charge is 0.224 e. The van der Waals surface area contributed by atoms with Crippen LogP contribution in [0.5, 0.6) is 0 Å². The molecule has 1 amide bonds. The molecule has 5 nitrogen and oxygen atoms in total. The fraction of sp³-hybridized carbons (Fsp3) is 0.484. The molecule has 0 N–H and O–H groups in total. The van der Waals surface area contributed by atoms with Crippen molar-refractivity contribution in [2.75, 3.05) is 32.7 Å². The molecule has 3 aromatic rings. The van der Waals surface area contributed by atoms with Crippen LogP contribution in [0.15, 0.2) is 60.9 Å². The lowest BCUT2D eigenvalue weighted by atomic mass is 9.95. The zero-order chi connectivity index (χ0) is 25.6. The fourth-order valence-electron chi connectivity index (χ4n) is 5.74. The molecular formula is C31H39FN4O. The van der Waals surface area contributed by atoms with Gasteiger partial charge in [-0.3, -0.25) is 4.79 Å². The van der Waals surface area contributed by atoms with Crippen LogP contribution in [0, 0.1) is 12.8 Å². The maximum atomic E-state index is 13.4. The number of hydrogen-bond acceptors (Lipinski definition) is 3. The number of piperidine rings is 2. The Kier molecular flexibility index (Phi) is 8.34. The molecule has 0 unspecified atom stereocenters. The molecule has 1 aromatic heterocycles. The molecule has 0 aliphatic carbocycles. The van der Waals surface area contributed by atoms with E-state index in [0.717, 1.165) is 63.4 Å². The van der Waals surface area contributed by atoms with Gasteiger partial charge < -0.3 is 14.4 Å². The van der Waals surface area contributed by atoms with Crippen molar-refractivity contribution in [2.24, 2.45) is 5.92 Å². The topological polar surface area (TPSA) is 41.4 Å². The molecule has 2 fully saturated rings. The van der Waals surface area contributed by atoms with Gasteiger partial charge in [-0.15, -0.1) is 0 Å². The van der Waals surface area contributed by atoms with Gasteiger partial charge >= 0.3 is 0 Å². The number of nitrogens with zero attached hydrogens (tertiary/aromatic N) is 4. The molecule has 0 bridgehead atoms. The number of amides is 1. The average Bonchev–Trinajstić information content (AvgIpc) is 3.39. The highest BCUT2D eigenvalue weighted by molar-refractivity contribution is 5.76. The summed E-state index contributed by atoms with van der Waals surface area (Å²) in [6.45, 7) is 7.21. The zero-order valence-electron chi connectivity index (χ0n) is 22.0. The van der Waals surface area contributed by atoms with Gasteiger partial charge in [0, 0.05) is 63.6 Å². The SMILES string of the molecule is Cc1ccc(Cc2ccccc2-c2nccn2CCC(=O)N2CCC(CN3CCC(F)CC3)CC2)cc1. The number of halogens is 1. The molecule has 3 heterocycles. The van der Waals surface area contributed by atoms with Gasteiger partial charge in [0.25, 0.3) is 0 Å². The number of aryl methyl sites for hydroxylation is 2. The predicted octanol–water partition coefficient (Wildman–Crippen LogP) is 5.51. The minimum atomic E-state index is -0.617. The Balaban J connectivity index is 1.15. The number of imidazole rings is 1. The number of carbonyl (C=O) groups is 1. The first-order chi connectivity index (χ1) is 18.0. The maximum absolute atomic E-state index is 13.4. The molecule has 0 atom stereocenters. The van der Waals surface area contributed by atoms with Crippen molar-refractivity contribution in [1.82, 2.24) is 19.4 Å². The number of rotatable bonds is 8. The van der Waals surface area contributed by atoms with E-state index >= 15 is 0 Å². The summed E-state index contributed by atoms with van der Waals surface area (Å²) >= 11 is 0. The van der Waals surface area contributed by atoms with Crippen LogP contribution in [0.25, 0.3) is 11.4 Å². The van der Waals surface area contributed by atoms with Gasteiger partial charge in [0.15, 0.2) is 0 Å². The van der Waals surface area contributed by atoms with Crippen LogP contribution in [0.1, 0.15) is 48.8 Å². The van der Waals surface area contributed by atoms with Gasteiger partial charge in [-0.05, 0) is 56.1 Å². The highest BCUT2D eigenvalue weighted by Crippen LogP contribution is 2.26. The van der Waals surface area contributed by atoms with Crippen LogP contribution in [0.4, 0.5) is 4.39 Å². The first-order valence-electron chi connectivity index (χ1n) is 13.8. The Morgan fingerprint density at radius 1 is 0.973 bits per heavy atom. The van der Waals surface area contributed by atoms with Gasteiger partial charge in [0.2, 0.25) is 5.91 Å². The molecular weight excluding hydrogens is 463 g/mol. The number of likely N-dealkylation sites (tertiary alicyclic amines) is 2. The highest BCUT2D eigenvalue weighted by atomic mass is 19.1. The minimum Gasteiger partial charge on any atom is -0.343 e. The molecule has 2 saturated heterocycles. The third-order valence-corrected chi connectivity index (χ3v) is 8.06. The third-order valence-electron chi connectivity index (χ3n) is 8.06. The monoisotopic (exact) mass is 502 g/mol. The van der Waals surface area contributed by atoms with Crippen LogP contribution in [0.3, 0.4) is 0 Å². The summed E-state index contributed by atoms with van der Waals surface area (Å²) in [6, 6.07) is 17.1. The number of carbonyl (C=O) groups excluding carboxylic acids is 1. The van der Waals surface area contributed by atoms with E-state index in [4.69, 9.17) is 0 Å². The van der Waals surface area contributed by atoms with Crippen LogP contribution in [0.2, 0.25) is 0 Å². The van der Waals surface area contributed by atoms with E-state index < -0.39 is 6.17 Å². The zero-order valence-corrected chi connectivity index (χ0v) is 22.0. The first kappa shape index (κ1) is 25.7. The van der Waals surface area contributed by atoms with Crippen molar-refractivity contribution in [1.29, 1.82) is 0 Å². The summed E-state index contributed by atoms with van der Waals surface area (Å²) in [7, 11) is 0. The van der Waals surface area contributed by atoms with Crippen molar-refractivity contribution in [3.63, 3.8) is 0 Å². The van der Waals surface area contributed by atoms with E-state index in [1.54, 1.807) is 0 Å². The van der Waals surface area contributed by atoms with E-state index in [1.807, 2.05) is 17.3 Å². The molecule has 2 aliphatic rings. The normalized spacial score (nSPS) is 17.8. The van der Waals surface area contributed by atoms with Crippen molar-refractivity contribution in [2.45, 2.75) is 58.2 Å². The van der Waals surface area contributed by atoms with E-state index in [-0.39, 0.29) is 5.91 Å². The van der Waals surface area contributed by atoms with Crippen molar-refractivity contribution < 1.29 is 9.18 Å². The summed E-state index contributed by atoms with van der Waals surface area (Å²) < 4.78 is 15.5. The molecule has 0 spiro atoms. The quantitative estimate of drug-likeness (QED) is 0.408. The van der Waals surface area contributed by atoms with Crippen molar-refractivity contribution in [3.8, 4) is 11.4 Å². The lowest BCUT2D eigenvalue weighted by Crippen LogP contribution is -2.43. The number of benzene rings is 2. The number of hydrogen-bond donors (Lipinski definition) is 0. The largest absolute Gasteiger partial charge is 0.343 e. The van der Waals surface area contributed by atoms with Crippen molar-refractivity contribution in [3.05, 3.63) is 77.6 Å². The van der Waals surface area contributed by atoms with Crippen molar-refractivity contribution >= 4 is 5.91 Å². The lowest BCUT2D eigenvalue weighted by Gasteiger charge is -2.36. The number of alkyl halides is 1. The molecule has 2 aliphatic heterocycles. The predicted molar refractivity (Wildman–Crippen MR) is 146 cm³/mol. The van der Waals surface area contributed by atoms with E-state index in [9.17, 15) is 9.18 Å². The molecule has 2 aromatic carbocycles. The Morgan fingerprint density at radius 2 is 1.70 bits per heavy atom. The summed E-state index contributed by atoms with van der Waals surface area (Å²) in [5, 5.41) is 0. The van der Waals surface area contributed by atoms with Gasteiger partial charge in [0.05, 0.1) is 0 Å². The summed E-state index contributed by atoms with van der Waals surface area (Å²) in [5.41, 5.74) is 4.91. The second-order valence-corrected chi connectivity index (χ2v) is 10.8. The maximum Gasteiger partial charge on any atom is 0.224 e. The Hall–Kier alpha value is -2.99. The lowest BCUT2D eigenvalue weighted by molar-refractivity contribution is -0.132. The Labute approximate surface area is 220 Å². The molecule has 5 rings (SSSR count). The van der Waals surface area contributed by atoms with Gasteiger partial charge in [-0.2, -0.15) is 0 Å². The standard InChI is InChI=1S/C31H39FN4O/c1-24-6-8-25(9-7-24)22-27-4-2-3-5-29(27)31-33-15-21-36(31)20-14-30(37)35-18-10-26(11-19-35)23-34-16-12-28(32)13-17-34/h2-9,15,21,26,28H,10-14,16-20,22-23H2,1H3. The summed E-state index contributed by atoms with van der Waals surface area (Å²) in [6.07, 6.45) is 7.97. The Bertz CT molecular complexity index is 1160. The number of aromatic nitrogens is 2. The van der Waals surface area contributed by atoms with Gasteiger partial charge in [0.1, 0.15) is 12.0 Å². The second-order valence-electron chi connectivity index (χ2n) is 10.8. The average molecular weight is 503 g/mol. The Morgan fingerprint density at radius 3 is 2.46 bits per heavy atom. The molecule has 6 heteroatoms. The van der Waals surface area contributed by atoms with Gasteiger partial charge in [-0.25, -0.2) is 9.37 Å². The fourth-order valence-corrected chi connectivity index (χ4v) is 5.74. The minimum absolute atomic E-state index is 0.226. The van der Waals surface area contributed by atoms with Crippen LogP contribution >= 0.6 is 0 Å². The van der Waals surface area contributed by atoms with E-state index in [0.29, 0.717) is 31.7 Å². The van der Waals surface area contributed by atoms with Crippen LogP contribution < -0.4 is 0 Å². The second kappa shape index (κ2) is 12.0. The summed E-state index contributed by atoms with van der Waals surface area (Å²) in [5.74, 6) is 1.76. The highest BCUT2D eigenvalue weighted by Gasteiger charge is 2.26. The molecule has 196 valence electrons. The molecule has 0 radical (unpaired) electrons. The molecule has 0 saturated carbocycles. The third kappa shape index (κ3) is 6.67. The van der Waals surface area contributed by atoms with Crippen LogP contribution in [-0.2, 0) is 17.8 Å². The summed E-state index contributed by atoms with van der Waals surface area (Å²) in [4.78, 5) is 22.2. The van der Waals surface area contributed by atoms with E-state index in [2.05, 4.69) is 69.9 Å². The van der Waals surface area contributed by atoms with Crippen LogP contribution in [-0.4, -0.2) is 64.2 Å².